The fraction of sp³-hybridized carbons (Fsp3) is 0.182. The summed E-state index contributed by atoms with van der Waals surface area (Å²) in [6.45, 7) is 0.527. The smallest absolute Gasteiger partial charge is 0.230 e. The molecule has 4 aromatic rings. The minimum atomic E-state index is -0.0782. The number of hydrogen-bond acceptors (Lipinski definition) is 6. The summed E-state index contributed by atoms with van der Waals surface area (Å²) >= 11 is 7.26. The summed E-state index contributed by atoms with van der Waals surface area (Å²) < 4.78 is 6.99. The van der Waals surface area contributed by atoms with E-state index in [1.54, 1.807) is 11.6 Å². The highest BCUT2D eigenvalue weighted by molar-refractivity contribution is 7.99. The Kier molecular flexibility index (Phi) is 6.69. The van der Waals surface area contributed by atoms with Crippen LogP contribution in [0.3, 0.4) is 0 Å². The van der Waals surface area contributed by atoms with Gasteiger partial charge in [-0.25, -0.2) is 0 Å². The van der Waals surface area contributed by atoms with Crippen molar-refractivity contribution in [2.75, 3.05) is 19.4 Å². The number of aromatic nitrogens is 4. The van der Waals surface area contributed by atoms with Crippen molar-refractivity contribution in [2.24, 2.45) is 0 Å². The predicted molar refractivity (Wildman–Crippen MR) is 122 cm³/mol. The number of para-hydroxylation sites is 1. The number of rotatable bonds is 8. The fourth-order valence-electron chi connectivity index (χ4n) is 3.06. The van der Waals surface area contributed by atoms with E-state index in [0.717, 1.165) is 22.6 Å². The molecule has 7 nitrogen and oxygen atoms in total. The molecule has 2 aromatic carbocycles. The van der Waals surface area contributed by atoms with Crippen LogP contribution in [0.15, 0.2) is 65.8 Å². The first-order valence-corrected chi connectivity index (χ1v) is 11.0. The largest absolute Gasteiger partial charge is 0.496 e. The molecule has 2 heterocycles. The van der Waals surface area contributed by atoms with Crippen LogP contribution in [0.5, 0.6) is 5.75 Å². The van der Waals surface area contributed by atoms with Crippen molar-refractivity contribution >= 4 is 34.9 Å². The van der Waals surface area contributed by atoms with E-state index >= 15 is 0 Å². The first-order chi connectivity index (χ1) is 15.1. The molecule has 0 fully saturated rings. The van der Waals surface area contributed by atoms with Gasteiger partial charge in [0.1, 0.15) is 5.75 Å². The van der Waals surface area contributed by atoms with Crippen molar-refractivity contribution in [3.63, 3.8) is 0 Å². The lowest BCUT2D eigenvalue weighted by Crippen LogP contribution is -2.27. The number of halogens is 1. The SMILES string of the molecule is COc1ccccc1CCNC(=O)CSc1nnc2ccc(-c3ccc(Cl)cc3)nn12. The van der Waals surface area contributed by atoms with Crippen LogP contribution in [0, 0.1) is 0 Å². The first-order valence-electron chi connectivity index (χ1n) is 9.64. The van der Waals surface area contributed by atoms with Crippen LogP contribution in [-0.2, 0) is 11.2 Å². The molecule has 158 valence electrons. The van der Waals surface area contributed by atoms with Gasteiger partial charge in [0.25, 0.3) is 0 Å². The molecule has 9 heteroatoms. The maximum atomic E-state index is 12.3. The normalized spacial score (nSPS) is 10.9. The lowest BCUT2D eigenvalue weighted by Gasteiger charge is -2.09. The van der Waals surface area contributed by atoms with Crippen molar-refractivity contribution in [1.82, 2.24) is 25.1 Å². The number of carbonyl (C=O) groups is 1. The highest BCUT2D eigenvalue weighted by atomic mass is 35.5. The van der Waals surface area contributed by atoms with Gasteiger partial charge in [-0.2, -0.15) is 9.61 Å². The Morgan fingerprint density at radius 3 is 2.71 bits per heavy atom. The second-order valence-corrected chi connectivity index (χ2v) is 8.06. The van der Waals surface area contributed by atoms with E-state index in [9.17, 15) is 4.79 Å². The number of benzene rings is 2. The van der Waals surface area contributed by atoms with Gasteiger partial charge in [-0.3, -0.25) is 4.79 Å². The zero-order valence-corrected chi connectivity index (χ0v) is 18.4. The summed E-state index contributed by atoms with van der Waals surface area (Å²) in [6, 6.07) is 19.0. The molecule has 0 atom stereocenters. The van der Waals surface area contributed by atoms with Gasteiger partial charge >= 0.3 is 0 Å². The van der Waals surface area contributed by atoms with E-state index in [4.69, 9.17) is 16.3 Å². The Balaban J connectivity index is 1.36. The monoisotopic (exact) mass is 453 g/mol. The predicted octanol–water partition coefficient (Wildman–Crippen LogP) is 3.90. The number of carbonyl (C=O) groups excluding carboxylic acids is 1. The summed E-state index contributed by atoms with van der Waals surface area (Å²) in [5.74, 6) is 0.966. The Hall–Kier alpha value is -3.10. The van der Waals surface area contributed by atoms with Gasteiger partial charge in [-0.1, -0.05) is 53.7 Å². The van der Waals surface area contributed by atoms with Gasteiger partial charge in [-0.15, -0.1) is 10.2 Å². The summed E-state index contributed by atoms with van der Waals surface area (Å²) in [5, 5.41) is 17.1. The molecule has 31 heavy (non-hydrogen) atoms. The molecule has 0 bridgehead atoms. The highest BCUT2D eigenvalue weighted by Gasteiger charge is 2.12. The van der Waals surface area contributed by atoms with Gasteiger partial charge in [0.05, 0.1) is 18.6 Å². The van der Waals surface area contributed by atoms with Gasteiger partial charge in [0.2, 0.25) is 11.1 Å². The van der Waals surface area contributed by atoms with Crippen molar-refractivity contribution in [3.8, 4) is 17.0 Å². The number of hydrogen-bond donors (Lipinski definition) is 1. The van der Waals surface area contributed by atoms with E-state index in [2.05, 4.69) is 20.6 Å². The molecule has 2 aromatic heterocycles. The van der Waals surface area contributed by atoms with E-state index < -0.39 is 0 Å². The molecule has 0 saturated heterocycles. The van der Waals surface area contributed by atoms with Gasteiger partial charge < -0.3 is 10.1 Å². The highest BCUT2D eigenvalue weighted by Crippen LogP contribution is 2.22. The number of methoxy groups -OCH3 is 1. The van der Waals surface area contributed by atoms with Crippen molar-refractivity contribution in [2.45, 2.75) is 11.6 Å². The fourth-order valence-corrected chi connectivity index (χ4v) is 3.90. The van der Waals surface area contributed by atoms with Crippen LogP contribution in [0.1, 0.15) is 5.56 Å². The van der Waals surface area contributed by atoms with Crippen LogP contribution in [-0.4, -0.2) is 45.1 Å². The van der Waals surface area contributed by atoms with E-state index in [1.165, 1.54) is 11.8 Å². The second kappa shape index (κ2) is 9.80. The molecule has 0 radical (unpaired) electrons. The molecule has 4 rings (SSSR count). The zero-order valence-electron chi connectivity index (χ0n) is 16.8. The van der Waals surface area contributed by atoms with Crippen LogP contribution in [0.2, 0.25) is 5.02 Å². The molecule has 0 aliphatic heterocycles. The van der Waals surface area contributed by atoms with Crippen molar-refractivity contribution in [3.05, 3.63) is 71.2 Å². The first kappa shape index (κ1) is 21.1. The number of ether oxygens (including phenoxy) is 1. The maximum absolute atomic E-state index is 12.3. The van der Waals surface area contributed by atoms with Crippen molar-refractivity contribution in [1.29, 1.82) is 0 Å². The van der Waals surface area contributed by atoms with E-state index in [0.29, 0.717) is 28.8 Å². The number of fused-ring (bicyclic) bond motifs is 1. The number of nitrogens with one attached hydrogen (secondary N) is 1. The minimum absolute atomic E-state index is 0.0782. The van der Waals surface area contributed by atoms with Crippen molar-refractivity contribution < 1.29 is 9.53 Å². The standard InChI is InChI=1S/C22H20ClN5O2S/c1-30-19-5-3-2-4-16(19)12-13-24-21(29)14-31-22-26-25-20-11-10-18(27-28(20)22)15-6-8-17(23)9-7-15/h2-11H,12-14H2,1H3,(H,24,29). The van der Waals surface area contributed by atoms with Crippen LogP contribution in [0.25, 0.3) is 16.9 Å². The third-order valence-corrected chi connectivity index (χ3v) is 5.79. The number of amides is 1. The minimum Gasteiger partial charge on any atom is -0.496 e. The molecule has 0 aliphatic carbocycles. The third-order valence-electron chi connectivity index (χ3n) is 4.62. The van der Waals surface area contributed by atoms with Gasteiger partial charge in [-0.05, 0) is 42.3 Å². The lowest BCUT2D eigenvalue weighted by molar-refractivity contribution is -0.118. The molecule has 0 aliphatic rings. The topological polar surface area (TPSA) is 81.4 Å². The Bertz CT molecular complexity index is 1200. The van der Waals surface area contributed by atoms with Gasteiger partial charge in [0, 0.05) is 17.1 Å². The molecular formula is C22H20ClN5O2S. The summed E-state index contributed by atoms with van der Waals surface area (Å²) in [7, 11) is 1.64. The van der Waals surface area contributed by atoms with Crippen LogP contribution in [0.4, 0.5) is 0 Å². The average Bonchev–Trinajstić information content (AvgIpc) is 3.21. The number of nitrogens with zero attached hydrogens (tertiary/aromatic N) is 4. The van der Waals surface area contributed by atoms with E-state index in [1.807, 2.05) is 60.7 Å². The van der Waals surface area contributed by atoms with Crippen LogP contribution >= 0.6 is 23.4 Å². The molecule has 1 N–H and O–H groups in total. The van der Waals surface area contributed by atoms with E-state index in [-0.39, 0.29) is 11.7 Å². The second-order valence-electron chi connectivity index (χ2n) is 6.68. The zero-order chi connectivity index (χ0) is 21.6. The summed E-state index contributed by atoms with van der Waals surface area (Å²) in [4.78, 5) is 12.3. The lowest BCUT2D eigenvalue weighted by atomic mass is 10.1. The summed E-state index contributed by atoms with van der Waals surface area (Å²) in [6.07, 6.45) is 0.695. The third kappa shape index (κ3) is 5.15. The number of thioether (sulfide) groups is 1. The maximum Gasteiger partial charge on any atom is 0.230 e. The molecule has 0 saturated carbocycles. The molecule has 0 spiro atoms. The van der Waals surface area contributed by atoms with Crippen LogP contribution < -0.4 is 10.1 Å². The molecule has 0 unspecified atom stereocenters. The summed E-state index contributed by atoms with van der Waals surface area (Å²) in [5.41, 5.74) is 3.38. The van der Waals surface area contributed by atoms with Gasteiger partial charge in [0.15, 0.2) is 5.65 Å². The Labute approximate surface area is 188 Å². The Morgan fingerprint density at radius 2 is 1.90 bits per heavy atom. The molecule has 1 amide bonds. The average molecular weight is 454 g/mol. The Morgan fingerprint density at radius 1 is 1.10 bits per heavy atom. The molecular weight excluding hydrogens is 434 g/mol. The quantitative estimate of drug-likeness (QED) is 0.407.